The van der Waals surface area contributed by atoms with Gasteiger partial charge >= 0.3 is 0 Å². The molecule has 0 atom stereocenters. The van der Waals surface area contributed by atoms with E-state index in [1.165, 1.54) is 5.56 Å². The van der Waals surface area contributed by atoms with Crippen LogP contribution in [0, 0.1) is 0 Å². The Bertz CT molecular complexity index is 476. The van der Waals surface area contributed by atoms with Gasteiger partial charge in [0.1, 0.15) is 0 Å². The molecule has 1 amide bonds. The minimum Gasteiger partial charge on any atom is -0.367 e. The number of carbonyl (C=O) groups is 1. The number of benzene rings is 1. The van der Waals surface area contributed by atoms with E-state index in [1.807, 2.05) is 60.6 Å². The van der Waals surface area contributed by atoms with Gasteiger partial charge in [-0.1, -0.05) is 30.3 Å². The van der Waals surface area contributed by atoms with E-state index < -0.39 is 0 Å². The summed E-state index contributed by atoms with van der Waals surface area (Å²) >= 11 is 0. The molecule has 0 aliphatic heterocycles. The minimum absolute atomic E-state index is 0.168. The number of aromatic amines is 1. The van der Waals surface area contributed by atoms with Gasteiger partial charge in [0.15, 0.2) is 0 Å². The van der Waals surface area contributed by atoms with Crippen molar-refractivity contribution in [2.45, 2.75) is 19.9 Å². The maximum Gasteiger partial charge on any atom is 0.227 e. The lowest BCUT2D eigenvalue weighted by atomic mass is 10.2. The molecule has 0 unspecified atom stereocenters. The lowest BCUT2D eigenvalue weighted by Gasteiger charge is -2.20. The maximum absolute atomic E-state index is 12.2. The standard InChI is InChI=1S/C15H18N2O/c1-2-17(12-13-6-4-3-5-7-13)15(18)10-14-8-9-16-11-14/h3-9,11,16H,2,10,12H2,1H3. The highest BCUT2D eigenvalue weighted by Gasteiger charge is 2.12. The second-order valence-electron chi connectivity index (χ2n) is 4.29. The average Bonchev–Trinajstić information content (AvgIpc) is 2.90. The molecule has 2 rings (SSSR count). The fourth-order valence-corrected chi connectivity index (χ4v) is 1.93. The van der Waals surface area contributed by atoms with Crippen LogP contribution in [-0.4, -0.2) is 22.3 Å². The van der Waals surface area contributed by atoms with Crippen LogP contribution in [0.1, 0.15) is 18.1 Å². The fraction of sp³-hybridized carbons (Fsp3) is 0.267. The second-order valence-corrected chi connectivity index (χ2v) is 4.29. The quantitative estimate of drug-likeness (QED) is 0.859. The predicted octanol–water partition coefficient (Wildman–Crippen LogP) is 2.61. The second kappa shape index (κ2) is 6.05. The van der Waals surface area contributed by atoms with E-state index in [9.17, 15) is 4.79 Å². The van der Waals surface area contributed by atoms with Crippen LogP contribution in [0.15, 0.2) is 48.8 Å². The van der Waals surface area contributed by atoms with Crippen molar-refractivity contribution in [1.29, 1.82) is 0 Å². The van der Waals surface area contributed by atoms with E-state index in [-0.39, 0.29) is 5.91 Å². The van der Waals surface area contributed by atoms with Gasteiger partial charge in [0.2, 0.25) is 5.91 Å². The van der Waals surface area contributed by atoms with Crippen molar-refractivity contribution in [2.24, 2.45) is 0 Å². The number of rotatable bonds is 5. The zero-order valence-corrected chi connectivity index (χ0v) is 10.6. The van der Waals surface area contributed by atoms with E-state index in [4.69, 9.17) is 0 Å². The topological polar surface area (TPSA) is 36.1 Å². The van der Waals surface area contributed by atoms with Crippen molar-refractivity contribution in [1.82, 2.24) is 9.88 Å². The molecule has 0 aliphatic carbocycles. The number of nitrogens with one attached hydrogen (secondary N) is 1. The SMILES string of the molecule is CCN(Cc1ccccc1)C(=O)Cc1cc[nH]c1. The maximum atomic E-state index is 12.2. The number of H-pyrrole nitrogens is 1. The molecule has 0 saturated heterocycles. The number of carbonyl (C=O) groups excluding carboxylic acids is 1. The summed E-state index contributed by atoms with van der Waals surface area (Å²) in [6, 6.07) is 12.0. The average molecular weight is 242 g/mol. The Kier molecular flexibility index (Phi) is 4.18. The summed E-state index contributed by atoms with van der Waals surface area (Å²) in [5, 5.41) is 0. The first-order valence-corrected chi connectivity index (χ1v) is 6.23. The molecule has 0 fully saturated rings. The fourth-order valence-electron chi connectivity index (χ4n) is 1.93. The van der Waals surface area contributed by atoms with Crippen molar-refractivity contribution < 1.29 is 4.79 Å². The van der Waals surface area contributed by atoms with Gasteiger partial charge in [-0.15, -0.1) is 0 Å². The Balaban J connectivity index is 1.98. The number of hydrogen-bond donors (Lipinski definition) is 1. The van der Waals surface area contributed by atoms with Crippen molar-refractivity contribution in [3.05, 3.63) is 59.9 Å². The van der Waals surface area contributed by atoms with Gasteiger partial charge in [-0.3, -0.25) is 4.79 Å². The van der Waals surface area contributed by atoms with Crippen molar-refractivity contribution in [2.75, 3.05) is 6.54 Å². The Morgan fingerprint density at radius 2 is 1.94 bits per heavy atom. The van der Waals surface area contributed by atoms with Crippen molar-refractivity contribution in [3.63, 3.8) is 0 Å². The number of nitrogens with zero attached hydrogens (tertiary/aromatic N) is 1. The summed E-state index contributed by atoms with van der Waals surface area (Å²) in [5.41, 5.74) is 2.20. The van der Waals surface area contributed by atoms with Crippen LogP contribution in [-0.2, 0) is 17.8 Å². The Labute approximate surface area is 107 Å². The summed E-state index contributed by atoms with van der Waals surface area (Å²) in [5.74, 6) is 0.168. The van der Waals surface area contributed by atoms with Crippen molar-refractivity contribution in [3.8, 4) is 0 Å². The van der Waals surface area contributed by atoms with Crippen LogP contribution < -0.4 is 0 Å². The lowest BCUT2D eigenvalue weighted by molar-refractivity contribution is -0.130. The first-order valence-electron chi connectivity index (χ1n) is 6.23. The molecule has 18 heavy (non-hydrogen) atoms. The van der Waals surface area contributed by atoms with Gasteiger partial charge in [-0.05, 0) is 24.1 Å². The highest BCUT2D eigenvalue weighted by atomic mass is 16.2. The van der Waals surface area contributed by atoms with Crippen LogP contribution in [0.4, 0.5) is 0 Å². The van der Waals surface area contributed by atoms with Crippen LogP contribution in [0.2, 0.25) is 0 Å². The van der Waals surface area contributed by atoms with Gasteiger partial charge in [-0.25, -0.2) is 0 Å². The van der Waals surface area contributed by atoms with Crippen LogP contribution in [0.3, 0.4) is 0 Å². The molecule has 2 aromatic rings. The zero-order valence-electron chi connectivity index (χ0n) is 10.6. The molecule has 3 heteroatoms. The Morgan fingerprint density at radius 1 is 1.17 bits per heavy atom. The molecule has 1 N–H and O–H groups in total. The number of likely N-dealkylation sites (N-methyl/N-ethyl adjacent to an activating group) is 1. The summed E-state index contributed by atoms with van der Waals surface area (Å²) in [4.78, 5) is 17.0. The molecule has 1 heterocycles. The van der Waals surface area contributed by atoms with Crippen LogP contribution >= 0.6 is 0 Å². The summed E-state index contributed by atoms with van der Waals surface area (Å²) in [6.07, 6.45) is 4.18. The third-order valence-corrected chi connectivity index (χ3v) is 2.97. The highest BCUT2D eigenvalue weighted by Crippen LogP contribution is 2.07. The van der Waals surface area contributed by atoms with E-state index in [0.29, 0.717) is 13.0 Å². The minimum atomic E-state index is 0.168. The van der Waals surface area contributed by atoms with Gasteiger partial charge in [0.05, 0.1) is 6.42 Å². The van der Waals surface area contributed by atoms with Gasteiger partial charge < -0.3 is 9.88 Å². The molecule has 0 saturated carbocycles. The van der Waals surface area contributed by atoms with Crippen LogP contribution in [0.5, 0.6) is 0 Å². The third kappa shape index (κ3) is 3.23. The zero-order chi connectivity index (χ0) is 12.8. The van der Waals surface area contributed by atoms with Gasteiger partial charge in [-0.2, -0.15) is 0 Å². The first kappa shape index (κ1) is 12.4. The largest absolute Gasteiger partial charge is 0.367 e. The number of amides is 1. The summed E-state index contributed by atoms with van der Waals surface area (Å²) in [6.45, 7) is 3.43. The third-order valence-electron chi connectivity index (χ3n) is 2.97. The van der Waals surface area contributed by atoms with Gasteiger partial charge in [0.25, 0.3) is 0 Å². The van der Waals surface area contributed by atoms with E-state index >= 15 is 0 Å². The molecular weight excluding hydrogens is 224 g/mol. The molecule has 1 aromatic heterocycles. The smallest absolute Gasteiger partial charge is 0.227 e. The highest BCUT2D eigenvalue weighted by molar-refractivity contribution is 5.78. The Morgan fingerprint density at radius 3 is 2.56 bits per heavy atom. The van der Waals surface area contributed by atoms with E-state index in [0.717, 1.165) is 12.1 Å². The number of hydrogen-bond acceptors (Lipinski definition) is 1. The molecule has 94 valence electrons. The normalized spacial score (nSPS) is 10.3. The molecule has 0 radical (unpaired) electrons. The van der Waals surface area contributed by atoms with Gasteiger partial charge in [0, 0.05) is 25.5 Å². The van der Waals surface area contributed by atoms with E-state index in [2.05, 4.69) is 4.98 Å². The van der Waals surface area contributed by atoms with Crippen molar-refractivity contribution >= 4 is 5.91 Å². The number of aromatic nitrogens is 1. The first-order chi connectivity index (χ1) is 8.79. The lowest BCUT2D eigenvalue weighted by Crippen LogP contribution is -2.31. The molecule has 0 aliphatic rings. The molecule has 0 spiro atoms. The predicted molar refractivity (Wildman–Crippen MR) is 72.0 cm³/mol. The van der Waals surface area contributed by atoms with Crippen LogP contribution in [0.25, 0.3) is 0 Å². The molecular formula is C15H18N2O. The Hall–Kier alpha value is -2.03. The molecule has 1 aromatic carbocycles. The van der Waals surface area contributed by atoms with E-state index in [1.54, 1.807) is 0 Å². The summed E-state index contributed by atoms with van der Waals surface area (Å²) < 4.78 is 0. The monoisotopic (exact) mass is 242 g/mol. The summed E-state index contributed by atoms with van der Waals surface area (Å²) in [7, 11) is 0. The molecule has 3 nitrogen and oxygen atoms in total. The molecule has 0 bridgehead atoms.